The molecular weight excluding hydrogens is 154 g/mol. The van der Waals surface area contributed by atoms with E-state index in [0.717, 1.165) is 0 Å². The van der Waals surface area contributed by atoms with Crippen molar-refractivity contribution in [1.29, 1.82) is 5.26 Å². The monoisotopic (exact) mass is 171 g/mol. The molecule has 2 atom stereocenters. The van der Waals surface area contributed by atoms with Crippen LogP contribution in [0.15, 0.2) is 0 Å². The molecule has 0 aliphatic heterocycles. The molecule has 0 saturated carbocycles. The first-order valence-corrected chi connectivity index (χ1v) is 4.28. The molecule has 0 heterocycles. The zero-order valence-corrected chi connectivity index (χ0v) is 8.20. The Bertz CT molecular complexity index is 151. The van der Waals surface area contributed by atoms with Gasteiger partial charge in [-0.05, 0) is 19.8 Å². The Morgan fingerprint density at radius 1 is 1.33 bits per heavy atom. The van der Waals surface area contributed by atoms with E-state index in [4.69, 9.17) is 14.7 Å². The molecule has 3 nitrogen and oxygen atoms in total. The van der Waals surface area contributed by atoms with Crippen LogP contribution in [0.5, 0.6) is 0 Å². The highest BCUT2D eigenvalue weighted by atomic mass is 16.7. The maximum absolute atomic E-state index is 8.68. The minimum absolute atomic E-state index is 0.206. The lowest BCUT2D eigenvalue weighted by molar-refractivity contribution is -0.152. The van der Waals surface area contributed by atoms with Crippen molar-refractivity contribution in [3.05, 3.63) is 0 Å². The molecule has 0 aromatic heterocycles. The number of rotatable bonds is 5. The SMILES string of the molecule is CCOC(C)OC(C#N)C(C)C. The molecule has 0 rings (SSSR count). The average Bonchev–Trinajstić information content (AvgIpc) is 2.00. The molecule has 70 valence electrons. The molecule has 12 heavy (non-hydrogen) atoms. The Morgan fingerprint density at radius 3 is 2.25 bits per heavy atom. The summed E-state index contributed by atoms with van der Waals surface area (Å²) in [5, 5.41) is 8.68. The van der Waals surface area contributed by atoms with Crippen LogP contribution in [0.25, 0.3) is 0 Å². The third kappa shape index (κ3) is 4.32. The molecule has 0 saturated heterocycles. The van der Waals surface area contributed by atoms with Crippen LogP contribution in [0, 0.1) is 17.2 Å². The molecule has 0 radical (unpaired) electrons. The fourth-order valence-electron chi connectivity index (χ4n) is 0.817. The van der Waals surface area contributed by atoms with Gasteiger partial charge in [0.15, 0.2) is 6.29 Å². The highest BCUT2D eigenvalue weighted by Crippen LogP contribution is 2.08. The number of ether oxygens (including phenoxy) is 2. The second-order valence-electron chi connectivity index (χ2n) is 2.95. The topological polar surface area (TPSA) is 42.2 Å². The molecule has 0 spiro atoms. The molecule has 0 N–H and O–H groups in total. The van der Waals surface area contributed by atoms with Crippen molar-refractivity contribution in [2.75, 3.05) is 6.61 Å². The highest BCUT2D eigenvalue weighted by molar-refractivity contribution is 4.86. The summed E-state index contributed by atoms with van der Waals surface area (Å²) >= 11 is 0. The predicted octanol–water partition coefficient (Wildman–Crippen LogP) is 1.93. The summed E-state index contributed by atoms with van der Waals surface area (Å²) in [6.07, 6.45) is -0.659. The van der Waals surface area contributed by atoms with Crippen molar-refractivity contribution < 1.29 is 9.47 Å². The van der Waals surface area contributed by atoms with Crippen molar-refractivity contribution in [2.45, 2.75) is 40.1 Å². The van der Waals surface area contributed by atoms with Crippen LogP contribution in [0.1, 0.15) is 27.7 Å². The molecule has 2 unspecified atom stereocenters. The van der Waals surface area contributed by atoms with Gasteiger partial charge in [0.25, 0.3) is 0 Å². The van der Waals surface area contributed by atoms with Gasteiger partial charge in [0.2, 0.25) is 0 Å². The van der Waals surface area contributed by atoms with E-state index in [1.807, 2.05) is 20.8 Å². The van der Waals surface area contributed by atoms with Gasteiger partial charge in [0.05, 0.1) is 6.07 Å². The van der Waals surface area contributed by atoms with E-state index >= 15 is 0 Å². The van der Waals surface area contributed by atoms with Crippen LogP contribution in [0.2, 0.25) is 0 Å². The lowest BCUT2D eigenvalue weighted by Gasteiger charge is -2.19. The van der Waals surface area contributed by atoms with Crippen LogP contribution >= 0.6 is 0 Å². The maximum Gasteiger partial charge on any atom is 0.156 e. The second kappa shape index (κ2) is 5.99. The molecule has 0 bridgehead atoms. The Hall–Kier alpha value is -0.590. The van der Waals surface area contributed by atoms with Gasteiger partial charge in [-0.3, -0.25) is 0 Å². The van der Waals surface area contributed by atoms with E-state index in [2.05, 4.69) is 6.07 Å². The summed E-state index contributed by atoms with van der Waals surface area (Å²) < 4.78 is 10.5. The molecule has 3 heteroatoms. The summed E-state index contributed by atoms with van der Waals surface area (Å²) in [4.78, 5) is 0. The zero-order chi connectivity index (χ0) is 9.56. The van der Waals surface area contributed by atoms with Gasteiger partial charge in [-0.15, -0.1) is 0 Å². The summed E-state index contributed by atoms with van der Waals surface area (Å²) in [6, 6.07) is 2.09. The molecule has 0 amide bonds. The smallest absolute Gasteiger partial charge is 0.156 e. The van der Waals surface area contributed by atoms with Crippen molar-refractivity contribution in [2.24, 2.45) is 5.92 Å². The molecule has 0 aliphatic carbocycles. The van der Waals surface area contributed by atoms with E-state index in [-0.39, 0.29) is 18.3 Å². The number of nitriles is 1. The minimum Gasteiger partial charge on any atom is -0.353 e. The van der Waals surface area contributed by atoms with Crippen molar-refractivity contribution in [1.82, 2.24) is 0 Å². The first kappa shape index (κ1) is 11.4. The quantitative estimate of drug-likeness (QED) is 0.593. The number of hydrogen-bond acceptors (Lipinski definition) is 3. The first-order chi connectivity index (χ1) is 5.61. The molecule has 0 fully saturated rings. The zero-order valence-electron chi connectivity index (χ0n) is 8.20. The van der Waals surface area contributed by atoms with Crippen LogP contribution in [0.3, 0.4) is 0 Å². The first-order valence-electron chi connectivity index (χ1n) is 4.28. The Morgan fingerprint density at radius 2 is 1.92 bits per heavy atom. The van der Waals surface area contributed by atoms with Crippen LogP contribution < -0.4 is 0 Å². The lowest BCUT2D eigenvalue weighted by Crippen LogP contribution is -2.25. The third-order valence-corrected chi connectivity index (χ3v) is 1.47. The summed E-state index contributed by atoms with van der Waals surface area (Å²) in [5.74, 6) is 0.206. The number of nitrogens with zero attached hydrogens (tertiary/aromatic N) is 1. The molecular formula is C9H17NO2. The van der Waals surface area contributed by atoms with E-state index in [1.54, 1.807) is 6.92 Å². The van der Waals surface area contributed by atoms with Crippen molar-refractivity contribution in [3.8, 4) is 6.07 Å². The fraction of sp³-hybridized carbons (Fsp3) is 0.889. The van der Waals surface area contributed by atoms with Gasteiger partial charge >= 0.3 is 0 Å². The van der Waals surface area contributed by atoms with Crippen molar-refractivity contribution >= 4 is 0 Å². The van der Waals surface area contributed by atoms with Gasteiger partial charge < -0.3 is 9.47 Å². The highest BCUT2D eigenvalue weighted by Gasteiger charge is 2.15. The molecule has 0 aliphatic rings. The second-order valence-corrected chi connectivity index (χ2v) is 2.95. The minimum atomic E-state index is -0.369. The Kier molecular flexibility index (Phi) is 5.69. The standard InChI is InChI=1S/C9H17NO2/c1-5-11-8(4)12-9(6-10)7(2)3/h7-9H,5H2,1-4H3. The van der Waals surface area contributed by atoms with Crippen LogP contribution in [-0.4, -0.2) is 19.0 Å². The average molecular weight is 171 g/mol. The summed E-state index contributed by atoms with van der Waals surface area (Å²) in [5.41, 5.74) is 0. The van der Waals surface area contributed by atoms with Crippen molar-refractivity contribution in [3.63, 3.8) is 0 Å². The van der Waals surface area contributed by atoms with Gasteiger partial charge in [0, 0.05) is 6.61 Å². The van der Waals surface area contributed by atoms with Gasteiger partial charge in [-0.25, -0.2) is 0 Å². The summed E-state index contributed by atoms with van der Waals surface area (Å²) in [7, 11) is 0. The van der Waals surface area contributed by atoms with Crippen LogP contribution in [0.4, 0.5) is 0 Å². The Labute approximate surface area is 74.3 Å². The Balaban J connectivity index is 3.79. The largest absolute Gasteiger partial charge is 0.353 e. The van der Waals surface area contributed by atoms with Gasteiger partial charge in [-0.2, -0.15) is 5.26 Å². The summed E-state index contributed by atoms with van der Waals surface area (Å²) in [6.45, 7) is 8.21. The normalized spacial score (nSPS) is 15.7. The third-order valence-electron chi connectivity index (χ3n) is 1.47. The number of hydrogen-bond donors (Lipinski definition) is 0. The van der Waals surface area contributed by atoms with E-state index in [1.165, 1.54) is 0 Å². The van der Waals surface area contributed by atoms with E-state index < -0.39 is 0 Å². The van der Waals surface area contributed by atoms with Gasteiger partial charge in [-0.1, -0.05) is 13.8 Å². The van der Waals surface area contributed by atoms with E-state index in [9.17, 15) is 0 Å². The molecule has 0 aromatic rings. The fourth-order valence-corrected chi connectivity index (χ4v) is 0.817. The van der Waals surface area contributed by atoms with Gasteiger partial charge in [0.1, 0.15) is 6.10 Å². The van der Waals surface area contributed by atoms with Crippen LogP contribution in [-0.2, 0) is 9.47 Å². The maximum atomic E-state index is 8.68. The van der Waals surface area contributed by atoms with E-state index in [0.29, 0.717) is 6.61 Å². The molecule has 0 aromatic carbocycles. The predicted molar refractivity (Wildman–Crippen MR) is 46.4 cm³/mol. The lowest BCUT2D eigenvalue weighted by atomic mass is 10.1.